The molecule has 0 aliphatic carbocycles. The van der Waals surface area contributed by atoms with Crippen LogP contribution < -0.4 is 9.80 Å². The predicted octanol–water partition coefficient (Wildman–Crippen LogP) is 2.99. The second kappa shape index (κ2) is 11.8. The smallest absolute Gasteiger partial charge is 0.409 e. The summed E-state index contributed by atoms with van der Waals surface area (Å²) in [6.07, 6.45) is -0.344. The van der Waals surface area contributed by atoms with Gasteiger partial charge in [-0.3, -0.25) is 4.79 Å². The molecular formula is C23H28ClFN6O3S. The first-order chi connectivity index (χ1) is 16.9. The molecule has 0 unspecified atom stereocenters. The number of carbonyl (C=O) groups is 2. The van der Waals surface area contributed by atoms with Crippen LogP contribution in [0.4, 0.5) is 20.7 Å². The van der Waals surface area contributed by atoms with Crippen molar-refractivity contribution in [3.05, 3.63) is 41.3 Å². The van der Waals surface area contributed by atoms with Crippen LogP contribution in [0.15, 0.2) is 35.5 Å². The number of para-hydroxylation sites is 1. The van der Waals surface area contributed by atoms with E-state index < -0.39 is 0 Å². The van der Waals surface area contributed by atoms with E-state index in [1.54, 1.807) is 34.9 Å². The largest absolute Gasteiger partial charge is 0.450 e. The van der Waals surface area contributed by atoms with E-state index in [9.17, 15) is 14.0 Å². The van der Waals surface area contributed by atoms with E-state index in [2.05, 4.69) is 14.9 Å². The van der Waals surface area contributed by atoms with Crippen molar-refractivity contribution in [1.82, 2.24) is 19.8 Å². The van der Waals surface area contributed by atoms with Gasteiger partial charge in [0.2, 0.25) is 5.91 Å². The van der Waals surface area contributed by atoms with Gasteiger partial charge < -0.3 is 24.3 Å². The standard InChI is InChI=1S/C23H28ClFN6O3S/c1-2-34-23(33)31-13-11-30(12-14-31)21(32)16-35-22-26-19(24)15-20(27-22)29-9-7-28(8-10-29)18-6-4-3-5-17(18)25/h3-6,15H,2,7-14,16H2,1H3. The number of nitrogens with zero attached hydrogens (tertiary/aromatic N) is 6. The maximum Gasteiger partial charge on any atom is 0.409 e. The molecule has 0 spiro atoms. The lowest BCUT2D eigenvalue weighted by Gasteiger charge is -2.36. The Morgan fingerprint density at radius 3 is 2.34 bits per heavy atom. The van der Waals surface area contributed by atoms with Crippen LogP contribution in [0.2, 0.25) is 5.15 Å². The van der Waals surface area contributed by atoms with Crippen LogP contribution in [0.25, 0.3) is 0 Å². The van der Waals surface area contributed by atoms with Crippen molar-refractivity contribution in [3.63, 3.8) is 0 Å². The molecule has 2 saturated heterocycles. The Labute approximate surface area is 213 Å². The highest BCUT2D eigenvalue weighted by Gasteiger charge is 2.25. The maximum absolute atomic E-state index is 14.1. The van der Waals surface area contributed by atoms with E-state index in [4.69, 9.17) is 16.3 Å². The van der Waals surface area contributed by atoms with Gasteiger partial charge in [0, 0.05) is 58.4 Å². The highest BCUT2D eigenvalue weighted by atomic mass is 35.5. The number of rotatable bonds is 6. The molecule has 0 radical (unpaired) electrons. The van der Waals surface area contributed by atoms with Crippen molar-refractivity contribution < 1.29 is 18.7 Å². The van der Waals surface area contributed by atoms with Gasteiger partial charge in [0.25, 0.3) is 0 Å². The molecule has 1 aromatic heterocycles. The molecule has 188 valence electrons. The number of amides is 2. The molecule has 12 heteroatoms. The zero-order valence-corrected chi connectivity index (χ0v) is 21.1. The third-order valence-electron chi connectivity index (χ3n) is 5.94. The Balaban J connectivity index is 1.29. The average Bonchev–Trinajstić information content (AvgIpc) is 2.87. The SMILES string of the molecule is CCOC(=O)N1CCN(C(=O)CSc2nc(Cl)cc(N3CCN(c4ccccc4F)CC3)n2)CC1. The van der Waals surface area contributed by atoms with E-state index in [0.717, 1.165) is 0 Å². The van der Waals surface area contributed by atoms with Crippen molar-refractivity contribution in [3.8, 4) is 0 Å². The summed E-state index contributed by atoms with van der Waals surface area (Å²) in [5.41, 5.74) is 0.603. The van der Waals surface area contributed by atoms with Crippen LogP contribution in [0.5, 0.6) is 0 Å². The minimum atomic E-state index is -0.344. The van der Waals surface area contributed by atoms with Gasteiger partial charge in [-0.25, -0.2) is 19.2 Å². The fraction of sp³-hybridized carbons (Fsp3) is 0.478. The second-order valence-electron chi connectivity index (χ2n) is 8.11. The summed E-state index contributed by atoms with van der Waals surface area (Å²) >= 11 is 7.49. The van der Waals surface area contributed by atoms with Gasteiger partial charge in [-0.1, -0.05) is 35.5 Å². The molecule has 35 heavy (non-hydrogen) atoms. The first-order valence-corrected chi connectivity index (χ1v) is 12.9. The lowest BCUT2D eigenvalue weighted by molar-refractivity contribution is -0.129. The lowest BCUT2D eigenvalue weighted by Crippen LogP contribution is -2.51. The van der Waals surface area contributed by atoms with E-state index in [-0.39, 0.29) is 23.6 Å². The Morgan fingerprint density at radius 2 is 1.66 bits per heavy atom. The third kappa shape index (κ3) is 6.46. The monoisotopic (exact) mass is 522 g/mol. The maximum atomic E-state index is 14.1. The molecule has 2 aliphatic heterocycles. The molecule has 2 amide bonds. The first kappa shape index (κ1) is 25.3. The average molecular weight is 523 g/mol. The zero-order chi connectivity index (χ0) is 24.8. The molecule has 2 aromatic rings. The molecular weight excluding hydrogens is 495 g/mol. The quantitative estimate of drug-likeness (QED) is 0.325. The summed E-state index contributed by atoms with van der Waals surface area (Å²) < 4.78 is 19.1. The van der Waals surface area contributed by atoms with E-state index >= 15 is 0 Å². The van der Waals surface area contributed by atoms with Gasteiger partial charge >= 0.3 is 6.09 Å². The van der Waals surface area contributed by atoms with E-state index in [1.807, 2.05) is 11.0 Å². The number of piperazine rings is 2. The van der Waals surface area contributed by atoms with Crippen molar-refractivity contribution in [1.29, 1.82) is 0 Å². The van der Waals surface area contributed by atoms with Gasteiger partial charge in [-0.15, -0.1) is 0 Å². The second-order valence-corrected chi connectivity index (χ2v) is 9.44. The normalized spacial score (nSPS) is 16.4. The van der Waals surface area contributed by atoms with Gasteiger partial charge in [-0.05, 0) is 19.1 Å². The minimum Gasteiger partial charge on any atom is -0.450 e. The predicted molar refractivity (Wildman–Crippen MR) is 134 cm³/mol. The van der Waals surface area contributed by atoms with Crippen LogP contribution >= 0.6 is 23.4 Å². The Hall–Kier alpha value is -2.79. The molecule has 2 fully saturated rings. The summed E-state index contributed by atoms with van der Waals surface area (Å²) in [4.78, 5) is 40.8. The zero-order valence-electron chi connectivity index (χ0n) is 19.5. The number of benzene rings is 1. The molecule has 0 saturated carbocycles. The van der Waals surface area contributed by atoms with E-state index in [1.165, 1.54) is 17.8 Å². The van der Waals surface area contributed by atoms with E-state index in [0.29, 0.717) is 80.8 Å². The van der Waals surface area contributed by atoms with Gasteiger partial charge in [-0.2, -0.15) is 0 Å². The van der Waals surface area contributed by atoms with Crippen LogP contribution in [0.3, 0.4) is 0 Å². The lowest BCUT2D eigenvalue weighted by atomic mass is 10.2. The van der Waals surface area contributed by atoms with Crippen molar-refractivity contribution in [2.24, 2.45) is 0 Å². The van der Waals surface area contributed by atoms with Crippen molar-refractivity contribution >= 4 is 46.9 Å². The van der Waals surface area contributed by atoms with Crippen molar-refractivity contribution in [2.75, 3.05) is 74.5 Å². The number of halogens is 2. The molecule has 0 bridgehead atoms. The highest BCUT2D eigenvalue weighted by molar-refractivity contribution is 7.99. The van der Waals surface area contributed by atoms with Gasteiger partial charge in [0.15, 0.2) is 5.16 Å². The molecule has 4 rings (SSSR count). The minimum absolute atomic E-state index is 0.0397. The molecule has 3 heterocycles. The number of thioether (sulfide) groups is 1. The fourth-order valence-corrected chi connectivity index (χ4v) is 5.05. The number of aromatic nitrogens is 2. The van der Waals surface area contributed by atoms with Crippen LogP contribution in [0, 0.1) is 5.82 Å². The molecule has 1 aromatic carbocycles. The molecule has 0 atom stereocenters. The fourth-order valence-electron chi connectivity index (χ4n) is 4.07. The van der Waals surface area contributed by atoms with Crippen LogP contribution in [-0.2, 0) is 9.53 Å². The summed E-state index contributed by atoms with van der Waals surface area (Å²) in [6.45, 7) is 6.56. The highest BCUT2D eigenvalue weighted by Crippen LogP contribution is 2.25. The summed E-state index contributed by atoms with van der Waals surface area (Å²) in [5, 5.41) is 0.743. The van der Waals surface area contributed by atoms with Gasteiger partial charge in [0.1, 0.15) is 16.8 Å². The first-order valence-electron chi connectivity index (χ1n) is 11.6. The topological polar surface area (TPSA) is 82.1 Å². The Kier molecular flexibility index (Phi) is 8.50. The summed E-state index contributed by atoms with van der Waals surface area (Å²) in [7, 11) is 0. The summed E-state index contributed by atoms with van der Waals surface area (Å²) in [5.74, 6) is 0.607. The van der Waals surface area contributed by atoms with Gasteiger partial charge in [0.05, 0.1) is 18.0 Å². The molecule has 9 nitrogen and oxygen atoms in total. The number of carbonyl (C=O) groups excluding carboxylic acids is 2. The third-order valence-corrected chi connectivity index (χ3v) is 6.97. The number of hydrogen-bond donors (Lipinski definition) is 0. The van der Waals surface area contributed by atoms with Crippen LogP contribution in [0.1, 0.15) is 6.92 Å². The number of hydrogen-bond acceptors (Lipinski definition) is 8. The van der Waals surface area contributed by atoms with Crippen molar-refractivity contribution in [2.45, 2.75) is 12.1 Å². The number of anilines is 2. The molecule has 2 aliphatic rings. The van der Waals surface area contributed by atoms with Crippen LogP contribution in [-0.4, -0.2) is 96.5 Å². The Bertz CT molecular complexity index is 1050. The Morgan fingerprint density at radius 1 is 1.00 bits per heavy atom. The molecule has 0 N–H and O–H groups in total. The number of ether oxygens (including phenoxy) is 1. The summed E-state index contributed by atoms with van der Waals surface area (Å²) in [6, 6.07) is 8.48.